The number of alkyl halides is 3. The Labute approximate surface area is 86.2 Å². The molecule has 1 N–H and O–H groups in total. The summed E-state index contributed by atoms with van der Waals surface area (Å²) in [5, 5.41) is 8.58. The van der Waals surface area contributed by atoms with Gasteiger partial charge in [0.1, 0.15) is 0 Å². The third kappa shape index (κ3) is 2.29. The van der Waals surface area contributed by atoms with Crippen molar-refractivity contribution < 1.29 is 23.1 Å². The first-order valence-corrected chi connectivity index (χ1v) is 4.39. The molecule has 0 fully saturated rings. The molecule has 2 nitrogen and oxygen atoms in total. The van der Waals surface area contributed by atoms with E-state index in [2.05, 4.69) is 0 Å². The van der Waals surface area contributed by atoms with Gasteiger partial charge in [-0.25, -0.2) is 0 Å². The van der Waals surface area contributed by atoms with Crippen molar-refractivity contribution in [1.29, 1.82) is 0 Å². The maximum absolute atomic E-state index is 12.2. The van der Waals surface area contributed by atoms with Gasteiger partial charge in [0.2, 0.25) is 0 Å². The third-order valence-electron chi connectivity index (χ3n) is 1.55. The minimum absolute atomic E-state index is 0.248. The van der Waals surface area contributed by atoms with Crippen LogP contribution >= 0.6 is 0 Å². The summed E-state index contributed by atoms with van der Waals surface area (Å²) in [5.41, 5.74) is -1.30. The van der Waals surface area contributed by atoms with E-state index >= 15 is 0 Å². The third-order valence-corrected chi connectivity index (χ3v) is 2.37. The van der Waals surface area contributed by atoms with Crippen molar-refractivity contribution >= 4 is 27.2 Å². The van der Waals surface area contributed by atoms with Crippen LogP contribution in [0.2, 0.25) is 0 Å². The van der Waals surface area contributed by atoms with Crippen molar-refractivity contribution in [3.05, 3.63) is 29.3 Å². The van der Waals surface area contributed by atoms with Crippen LogP contribution in [0.25, 0.3) is 0 Å². The van der Waals surface area contributed by atoms with Crippen LogP contribution in [0.1, 0.15) is 15.9 Å². The number of benzene rings is 1. The van der Waals surface area contributed by atoms with Crippen molar-refractivity contribution in [2.24, 2.45) is 0 Å². The fourth-order valence-electron chi connectivity index (χ4n) is 0.884. The second-order valence-corrected chi connectivity index (χ2v) is 3.55. The van der Waals surface area contributed by atoms with Gasteiger partial charge in [0.15, 0.2) is 0 Å². The maximum atomic E-state index is 12.2. The van der Waals surface area contributed by atoms with Crippen molar-refractivity contribution in [3.63, 3.8) is 0 Å². The van der Waals surface area contributed by atoms with Gasteiger partial charge < -0.3 is 0 Å². The number of carboxylic acids is 1. The second-order valence-electron chi connectivity index (χ2n) is 2.53. The van der Waals surface area contributed by atoms with Crippen LogP contribution in [0.5, 0.6) is 0 Å². The average molecular weight is 264 g/mol. The number of hydrogen-bond acceptors (Lipinski definition) is 1. The Bertz CT molecular complexity index is 373. The standard InChI is InChI=1S/C8H4AsF3O2/c9-6-2-1-4(8(10,11)12)3-5(6)7(13)14/h1-3H,(H,13,14). The molecule has 0 saturated carbocycles. The minimum atomic E-state index is -4.51. The Morgan fingerprint density at radius 3 is 2.36 bits per heavy atom. The quantitative estimate of drug-likeness (QED) is 0.774. The van der Waals surface area contributed by atoms with Crippen molar-refractivity contribution in [2.75, 3.05) is 0 Å². The molecule has 0 heterocycles. The SMILES string of the molecule is O=C(O)c1cc(C(F)(F)F)ccc1[As]. The number of carboxylic acid groups (broad SMARTS) is 1. The average Bonchev–Trinajstić information content (AvgIpc) is 2.02. The van der Waals surface area contributed by atoms with Crippen molar-refractivity contribution in [1.82, 2.24) is 0 Å². The summed E-state index contributed by atoms with van der Waals surface area (Å²) in [5.74, 6) is -1.37. The van der Waals surface area contributed by atoms with E-state index in [1.165, 1.54) is 0 Å². The molecule has 0 unspecified atom stereocenters. The molecule has 0 aliphatic heterocycles. The second kappa shape index (κ2) is 3.65. The van der Waals surface area contributed by atoms with Gasteiger partial charge in [-0.3, -0.25) is 0 Å². The van der Waals surface area contributed by atoms with Crippen LogP contribution in [0.15, 0.2) is 18.2 Å². The van der Waals surface area contributed by atoms with Crippen LogP contribution in [0.4, 0.5) is 13.2 Å². The summed E-state index contributed by atoms with van der Waals surface area (Å²) < 4.78 is 36.7. The molecular formula is C8H4AsF3O2. The molecule has 0 atom stereocenters. The Balaban J connectivity index is 3.27. The van der Waals surface area contributed by atoms with E-state index in [9.17, 15) is 18.0 Å². The fraction of sp³-hybridized carbons (Fsp3) is 0.125. The number of rotatable bonds is 1. The molecule has 0 spiro atoms. The molecule has 0 aromatic heterocycles. The normalized spacial score (nSPS) is 11.4. The fourth-order valence-corrected chi connectivity index (χ4v) is 1.38. The van der Waals surface area contributed by atoms with Crippen LogP contribution in [0.3, 0.4) is 0 Å². The Morgan fingerprint density at radius 2 is 1.93 bits per heavy atom. The zero-order chi connectivity index (χ0) is 10.9. The van der Waals surface area contributed by atoms with Crippen LogP contribution in [-0.4, -0.2) is 27.9 Å². The van der Waals surface area contributed by atoms with E-state index in [4.69, 9.17) is 5.11 Å². The van der Waals surface area contributed by atoms with Gasteiger partial charge in [0.05, 0.1) is 0 Å². The van der Waals surface area contributed by atoms with Crippen LogP contribution in [0, 0.1) is 0 Å². The van der Waals surface area contributed by atoms with Gasteiger partial charge >= 0.3 is 85.7 Å². The van der Waals surface area contributed by atoms with E-state index < -0.39 is 17.7 Å². The van der Waals surface area contributed by atoms with Gasteiger partial charge in [-0.1, -0.05) is 0 Å². The molecule has 0 bridgehead atoms. The topological polar surface area (TPSA) is 37.3 Å². The summed E-state index contributed by atoms with van der Waals surface area (Å²) in [4.78, 5) is 10.5. The molecule has 1 aromatic carbocycles. The first-order chi connectivity index (χ1) is 6.32. The molecular weight excluding hydrogens is 260 g/mol. The first kappa shape index (κ1) is 11.1. The summed E-state index contributed by atoms with van der Waals surface area (Å²) in [6.45, 7) is 0. The Morgan fingerprint density at radius 1 is 1.36 bits per heavy atom. The predicted octanol–water partition coefficient (Wildman–Crippen LogP) is 1.20. The van der Waals surface area contributed by atoms with Gasteiger partial charge in [0.25, 0.3) is 0 Å². The summed E-state index contributed by atoms with van der Waals surface area (Å²) in [6.07, 6.45) is -4.51. The molecule has 6 heteroatoms. The monoisotopic (exact) mass is 264 g/mol. The number of carbonyl (C=O) groups is 1. The number of halogens is 3. The molecule has 1 aromatic rings. The Hall–Kier alpha value is -0.962. The van der Waals surface area contributed by atoms with Crippen LogP contribution < -0.4 is 4.35 Å². The molecule has 74 valence electrons. The van der Waals surface area contributed by atoms with E-state index in [0.29, 0.717) is 6.07 Å². The molecule has 0 aliphatic rings. The summed E-state index contributed by atoms with van der Waals surface area (Å²) in [6, 6.07) is 2.59. The van der Waals surface area contributed by atoms with Crippen molar-refractivity contribution in [2.45, 2.75) is 6.18 Å². The number of aromatic carboxylic acids is 1. The summed E-state index contributed by atoms with van der Waals surface area (Å²) in [7, 11) is 0. The molecule has 0 amide bonds. The van der Waals surface area contributed by atoms with E-state index in [-0.39, 0.29) is 9.91 Å². The number of hydrogen-bond donors (Lipinski definition) is 1. The summed E-state index contributed by atoms with van der Waals surface area (Å²) >= 11 is 1.92. The molecule has 0 aliphatic carbocycles. The predicted molar refractivity (Wildman–Crippen MR) is 43.8 cm³/mol. The van der Waals surface area contributed by atoms with Gasteiger partial charge in [-0.05, 0) is 0 Å². The van der Waals surface area contributed by atoms with Crippen LogP contribution in [-0.2, 0) is 6.18 Å². The zero-order valence-electron chi connectivity index (χ0n) is 6.67. The molecule has 0 saturated heterocycles. The van der Waals surface area contributed by atoms with Crippen molar-refractivity contribution in [3.8, 4) is 0 Å². The molecule has 2 radical (unpaired) electrons. The van der Waals surface area contributed by atoms with E-state index in [1.807, 2.05) is 16.9 Å². The molecule has 1 rings (SSSR count). The van der Waals surface area contributed by atoms with Gasteiger partial charge in [-0.2, -0.15) is 0 Å². The first-order valence-electron chi connectivity index (χ1n) is 3.46. The van der Waals surface area contributed by atoms with E-state index in [1.54, 1.807) is 0 Å². The zero-order valence-corrected chi connectivity index (χ0v) is 8.55. The molecule has 14 heavy (non-hydrogen) atoms. The van der Waals surface area contributed by atoms with E-state index in [0.717, 1.165) is 12.1 Å². The van der Waals surface area contributed by atoms with Gasteiger partial charge in [-0.15, -0.1) is 0 Å². The van der Waals surface area contributed by atoms with Gasteiger partial charge in [0, 0.05) is 0 Å². The Kier molecular flexibility index (Phi) is 2.90.